The number of ether oxygens (including phenoxy) is 3. The number of fused-ring (bicyclic) bond motifs is 1. The molecule has 0 spiro atoms. The summed E-state index contributed by atoms with van der Waals surface area (Å²) in [4.78, 5) is 40.0. The molecular formula is C18H23NO7. The topological polar surface area (TPSA) is 102 Å². The zero-order valence-corrected chi connectivity index (χ0v) is 15.1. The first kappa shape index (κ1) is 17.5. The fourth-order valence-corrected chi connectivity index (χ4v) is 4.65. The Morgan fingerprint density at radius 1 is 1.23 bits per heavy atom. The summed E-state index contributed by atoms with van der Waals surface area (Å²) in [5.41, 5.74) is -3.08. The molecule has 0 aliphatic carbocycles. The highest BCUT2D eigenvalue weighted by Gasteiger charge is 2.67. The first-order chi connectivity index (χ1) is 12.2. The summed E-state index contributed by atoms with van der Waals surface area (Å²) in [7, 11) is 0. The minimum atomic E-state index is -2.19. The number of cyclic esters (lactones) is 1. The maximum Gasteiger partial charge on any atom is 0.342 e. The largest absolute Gasteiger partial charge is 0.460 e. The molecule has 4 rings (SSSR count). The molecule has 26 heavy (non-hydrogen) atoms. The molecule has 8 nitrogen and oxygen atoms in total. The lowest BCUT2D eigenvalue weighted by Gasteiger charge is -2.39. The van der Waals surface area contributed by atoms with Crippen LogP contribution in [0.3, 0.4) is 0 Å². The van der Waals surface area contributed by atoms with Crippen LogP contribution in [0.25, 0.3) is 0 Å². The van der Waals surface area contributed by atoms with E-state index in [0.717, 1.165) is 12.1 Å². The standard InChI is InChI=1S/C18H23NO7/c1-9-12-15(21)25-11-5-7-19-6-4-10(13(11)19)8-24-16(22)17(2,23)18(12,3)26-14(9)20/h4,9,11-13,23H,5-8H2,1-3H3/t9-,11-,12+,13-,17+,18+/m1/s1. The molecule has 4 heterocycles. The van der Waals surface area contributed by atoms with Crippen molar-refractivity contribution in [3.8, 4) is 0 Å². The average molecular weight is 365 g/mol. The van der Waals surface area contributed by atoms with Gasteiger partial charge in [0.05, 0.1) is 12.0 Å². The number of nitrogens with zero attached hydrogens (tertiary/aromatic N) is 1. The van der Waals surface area contributed by atoms with Gasteiger partial charge in [-0.1, -0.05) is 13.0 Å². The van der Waals surface area contributed by atoms with Gasteiger partial charge in [0.15, 0.2) is 11.2 Å². The maximum atomic E-state index is 13.0. The summed E-state index contributed by atoms with van der Waals surface area (Å²) >= 11 is 0. The summed E-state index contributed by atoms with van der Waals surface area (Å²) in [5, 5.41) is 10.9. The second kappa shape index (κ2) is 5.53. The van der Waals surface area contributed by atoms with Crippen LogP contribution < -0.4 is 0 Å². The number of hydrogen-bond donors (Lipinski definition) is 1. The first-order valence-electron chi connectivity index (χ1n) is 8.92. The lowest BCUT2D eigenvalue weighted by molar-refractivity contribution is -0.204. The minimum absolute atomic E-state index is 0.00838. The van der Waals surface area contributed by atoms with Gasteiger partial charge in [0.2, 0.25) is 0 Å². The van der Waals surface area contributed by atoms with E-state index < -0.39 is 40.9 Å². The Morgan fingerprint density at radius 3 is 2.69 bits per heavy atom. The van der Waals surface area contributed by atoms with E-state index in [2.05, 4.69) is 4.90 Å². The summed E-state index contributed by atoms with van der Waals surface area (Å²) in [6.45, 7) is 5.65. The van der Waals surface area contributed by atoms with Crippen molar-refractivity contribution in [2.24, 2.45) is 11.8 Å². The van der Waals surface area contributed by atoms with Crippen molar-refractivity contribution in [2.75, 3.05) is 19.7 Å². The Hall–Kier alpha value is -1.93. The van der Waals surface area contributed by atoms with E-state index in [1.165, 1.54) is 13.8 Å². The van der Waals surface area contributed by atoms with Crippen molar-refractivity contribution in [1.82, 2.24) is 4.90 Å². The van der Waals surface area contributed by atoms with Crippen LogP contribution in [-0.2, 0) is 28.6 Å². The number of carbonyl (C=O) groups is 3. The van der Waals surface area contributed by atoms with Crippen LogP contribution in [0, 0.1) is 11.8 Å². The van der Waals surface area contributed by atoms with Gasteiger partial charge in [-0.15, -0.1) is 0 Å². The maximum absolute atomic E-state index is 13.0. The second-order valence-corrected chi connectivity index (χ2v) is 7.93. The Kier molecular flexibility index (Phi) is 3.72. The van der Waals surface area contributed by atoms with Crippen LogP contribution in [-0.4, -0.2) is 71.0 Å². The van der Waals surface area contributed by atoms with Gasteiger partial charge in [-0.2, -0.15) is 0 Å². The highest BCUT2D eigenvalue weighted by Crippen LogP contribution is 2.46. The van der Waals surface area contributed by atoms with E-state index in [9.17, 15) is 19.5 Å². The SMILES string of the molecule is C[C@H]1C(=O)O[C@@]2(C)[C@@H]1C(=O)O[C@@H]1CCN3CC=C(COC(=O)[C@]2(C)O)[C@H]13. The van der Waals surface area contributed by atoms with Gasteiger partial charge in [0.1, 0.15) is 18.6 Å². The van der Waals surface area contributed by atoms with Crippen LogP contribution in [0.5, 0.6) is 0 Å². The Bertz CT molecular complexity index is 714. The van der Waals surface area contributed by atoms with E-state index in [1.807, 2.05) is 6.08 Å². The molecule has 0 unspecified atom stereocenters. The Labute approximate surface area is 151 Å². The van der Waals surface area contributed by atoms with Gasteiger partial charge in [-0.05, 0) is 25.8 Å². The third-order valence-electron chi connectivity index (χ3n) is 6.45. The third-order valence-corrected chi connectivity index (χ3v) is 6.45. The number of hydrogen-bond acceptors (Lipinski definition) is 8. The molecule has 142 valence electrons. The molecular weight excluding hydrogens is 342 g/mol. The quantitative estimate of drug-likeness (QED) is 0.357. The Morgan fingerprint density at radius 2 is 1.96 bits per heavy atom. The fourth-order valence-electron chi connectivity index (χ4n) is 4.65. The van der Waals surface area contributed by atoms with E-state index >= 15 is 0 Å². The third kappa shape index (κ3) is 2.18. The van der Waals surface area contributed by atoms with Crippen molar-refractivity contribution in [2.45, 2.75) is 50.5 Å². The average Bonchev–Trinajstić information content (AvgIpc) is 3.20. The lowest BCUT2D eigenvalue weighted by atomic mass is 9.73. The zero-order valence-electron chi connectivity index (χ0n) is 15.1. The van der Waals surface area contributed by atoms with Crippen LogP contribution in [0.4, 0.5) is 0 Å². The lowest BCUT2D eigenvalue weighted by Crippen LogP contribution is -2.61. The second-order valence-electron chi connectivity index (χ2n) is 7.93. The summed E-state index contributed by atoms with van der Waals surface area (Å²) < 4.78 is 16.5. The first-order valence-corrected chi connectivity index (χ1v) is 8.92. The minimum Gasteiger partial charge on any atom is -0.460 e. The van der Waals surface area contributed by atoms with Gasteiger partial charge < -0.3 is 19.3 Å². The molecule has 0 radical (unpaired) electrons. The van der Waals surface area contributed by atoms with Gasteiger partial charge >= 0.3 is 17.9 Å². The molecule has 4 aliphatic rings. The summed E-state index contributed by atoms with van der Waals surface area (Å²) in [6.07, 6.45) is 2.27. The van der Waals surface area contributed by atoms with Gasteiger partial charge in [-0.3, -0.25) is 14.5 Å². The van der Waals surface area contributed by atoms with Crippen molar-refractivity contribution in [3.05, 3.63) is 11.6 Å². The number of esters is 3. The van der Waals surface area contributed by atoms with E-state index in [4.69, 9.17) is 14.2 Å². The normalized spacial score (nSPS) is 45.8. The van der Waals surface area contributed by atoms with E-state index in [-0.39, 0.29) is 18.8 Å². The predicted molar refractivity (Wildman–Crippen MR) is 86.7 cm³/mol. The smallest absolute Gasteiger partial charge is 0.342 e. The van der Waals surface area contributed by atoms with Gasteiger partial charge in [-0.25, -0.2) is 4.79 Å². The van der Waals surface area contributed by atoms with Crippen molar-refractivity contribution >= 4 is 17.9 Å². The molecule has 0 aromatic carbocycles. The summed E-state index contributed by atoms with van der Waals surface area (Å²) in [5.74, 6) is -4.12. The van der Waals surface area contributed by atoms with Crippen LogP contribution in [0.1, 0.15) is 27.2 Å². The molecule has 8 heteroatoms. The molecule has 4 aliphatic heterocycles. The molecule has 1 N–H and O–H groups in total. The number of aliphatic hydroxyl groups is 1. The van der Waals surface area contributed by atoms with Crippen LogP contribution >= 0.6 is 0 Å². The summed E-state index contributed by atoms with van der Waals surface area (Å²) in [6, 6.07) is -0.130. The number of rotatable bonds is 0. The van der Waals surface area contributed by atoms with Gasteiger partial charge in [0.25, 0.3) is 0 Å². The zero-order chi connectivity index (χ0) is 18.9. The molecule has 0 saturated carbocycles. The molecule has 0 aromatic rings. The predicted octanol–water partition coefficient (Wildman–Crippen LogP) is -0.212. The van der Waals surface area contributed by atoms with Gasteiger partial charge in [0, 0.05) is 13.1 Å². The van der Waals surface area contributed by atoms with Crippen LogP contribution in [0.2, 0.25) is 0 Å². The number of carbonyl (C=O) groups excluding carboxylic acids is 3. The molecule has 3 fully saturated rings. The molecule has 0 aromatic heterocycles. The monoisotopic (exact) mass is 365 g/mol. The molecule has 0 bridgehead atoms. The van der Waals surface area contributed by atoms with Crippen molar-refractivity contribution < 1.29 is 33.7 Å². The molecule has 6 atom stereocenters. The van der Waals surface area contributed by atoms with Crippen molar-refractivity contribution in [3.63, 3.8) is 0 Å². The highest BCUT2D eigenvalue weighted by molar-refractivity contribution is 5.91. The van der Waals surface area contributed by atoms with E-state index in [0.29, 0.717) is 13.0 Å². The molecule has 0 amide bonds. The van der Waals surface area contributed by atoms with E-state index in [1.54, 1.807) is 6.92 Å². The van der Waals surface area contributed by atoms with Crippen LogP contribution in [0.15, 0.2) is 11.6 Å². The molecule has 3 saturated heterocycles. The van der Waals surface area contributed by atoms with Crippen molar-refractivity contribution in [1.29, 1.82) is 0 Å². The fraction of sp³-hybridized carbons (Fsp3) is 0.722. The Balaban J connectivity index is 1.77. The highest BCUT2D eigenvalue weighted by atomic mass is 16.6.